The smallest absolute Gasteiger partial charge is 0.226 e. The summed E-state index contributed by atoms with van der Waals surface area (Å²) in [7, 11) is 0. The lowest BCUT2D eigenvalue weighted by atomic mass is 10.1. The molecule has 0 atom stereocenters. The minimum Gasteiger partial charge on any atom is -0.302 e. The second-order valence-corrected chi connectivity index (χ2v) is 8.41. The molecule has 3 aromatic rings. The molecule has 7 heteroatoms. The van der Waals surface area contributed by atoms with Crippen molar-refractivity contribution in [3.63, 3.8) is 0 Å². The lowest BCUT2D eigenvalue weighted by molar-refractivity contribution is -0.116. The van der Waals surface area contributed by atoms with Crippen molar-refractivity contribution in [1.82, 2.24) is 9.97 Å². The minimum atomic E-state index is -0.204. The number of thiazole rings is 1. The zero-order chi connectivity index (χ0) is 18.7. The third kappa shape index (κ3) is 4.23. The number of nitrogens with one attached hydrogen (secondary N) is 1. The predicted octanol–water partition coefficient (Wildman–Crippen LogP) is 4.79. The second-order valence-electron chi connectivity index (χ2n) is 5.95. The third-order valence-corrected chi connectivity index (χ3v) is 5.92. The Labute approximate surface area is 160 Å². The SMILES string of the molecule is Cc1cc(C(=O)CCC(=O)Nc2nc(C)c(-c3ccccn3)s2)c(C)s1. The van der Waals surface area contributed by atoms with Gasteiger partial charge >= 0.3 is 0 Å². The summed E-state index contributed by atoms with van der Waals surface area (Å²) in [6.07, 6.45) is 2.07. The highest BCUT2D eigenvalue weighted by atomic mass is 32.1. The Morgan fingerprint density at radius 1 is 1.12 bits per heavy atom. The quantitative estimate of drug-likeness (QED) is 0.619. The molecular formula is C19H19N3O2S2. The molecule has 0 saturated carbocycles. The van der Waals surface area contributed by atoms with Crippen molar-refractivity contribution >= 4 is 39.5 Å². The van der Waals surface area contributed by atoms with E-state index in [0.29, 0.717) is 5.13 Å². The Morgan fingerprint density at radius 3 is 2.58 bits per heavy atom. The van der Waals surface area contributed by atoms with Gasteiger partial charge in [-0.25, -0.2) is 4.98 Å². The van der Waals surface area contributed by atoms with E-state index in [4.69, 9.17) is 0 Å². The Bertz CT molecular complexity index is 945. The van der Waals surface area contributed by atoms with Crippen LogP contribution in [0.1, 0.15) is 38.6 Å². The molecule has 0 bridgehead atoms. The average Bonchev–Trinajstić information content (AvgIpc) is 3.15. The number of thiophene rings is 1. The maximum atomic E-state index is 12.3. The lowest BCUT2D eigenvalue weighted by Gasteiger charge is -2.01. The van der Waals surface area contributed by atoms with Crippen molar-refractivity contribution in [1.29, 1.82) is 0 Å². The summed E-state index contributed by atoms with van der Waals surface area (Å²) in [5, 5.41) is 3.32. The van der Waals surface area contributed by atoms with E-state index >= 15 is 0 Å². The minimum absolute atomic E-state index is 0.00601. The largest absolute Gasteiger partial charge is 0.302 e. The molecule has 0 aromatic carbocycles. The van der Waals surface area contributed by atoms with Gasteiger partial charge in [0.1, 0.15) is 0 Å². The highest BCUT2D eigenvalue weighted by Gasteiger charge is 2.16. The van der Waals surface area contributed by atoms with Gasteiger partial charge in [0.25, 0.3) is 0 Å². The molecule has 0 aliphatic heterocycles. The van der Waals surface area contributed by atoms with E-state index in [1.807, 2.05) is 45.0 Å². The van der Waals surface area contributed by atoms with E-state index in [-0.39, 0.29) is 24.5 Å². The number of amides is 1. The molecule has 3 heterocycles. The molecule has 0 spiro atoms. The van der Waals surface area contributed by atoms with Gasteiger partial charge in [-0.05, 0) is 39.0 Å². The number of rotatable bonds is 6. The first-order chi connectivity index (χ1) is 12.4. The van der Waals surface area contributed by atoms with Gasteiger partial charge in [0.2, 0.25) is 5.91 Å². The van der Waals surface area contributed by atoms with E-state index in [9.17, 15) is 9.59 Å². The first kappa shape index (κ1) is 18.4. The highest BCUT2D eigenvalue weighted by Crippen LogP contribution is 2.31. The van der Waals surface area contributed by atoms with Crippen LogP contribution in [0.2, 0.25) is 0 Å². The molecule has 134 valence electrons. The lowest BCUT2D eigenvalue weighted by Crippen LogP contribution is -2.13. The van der Waals surface area contributed by atoms with Gasteiger partial charge in [-0.15, -0.1) is 11.3 Å². The van der Waals surface area contributed by atoms with E-state index in [2.05, 4.69) is 15.3 Å². The standard InChI is InChI=1S/C19H19N3O2S2/c1-11-10-14(13(3)25-11)16(23)7-8-17(24)22-19-21-12(2)18(26-19)15-6-4-5-9-20-15/h4-6,9-10H,7-8H2,1-3H3,(H,21,22,24). The molecule has 0 fully saturated rings. The molecule has 0 saturated heterocycles. The predicted molar refractivity (Wildman–Crippen MR) is 106 cm³/mol. The summed E-state index contributed by atoms with van der Waals surface area (Å²) < 4.78 is 0. The molecule has 0 aliphatic carbocycles. The molecule has 0 unspecified atom stereocenters. The normalized spacial score (nSPS) is 10.7. The number of carbonyl (C=O) groups excluding carboxylic acids is 2. The summed E-state index contributed by atoms with van der Waals surface area (Å²) in [4.78, 5) is 36.2. The van der Waals surface area contributed by atoms with Crippen molar-refractivity contribution in [2.24, 2.45) is 0 Å². The van der Waals surface area contributed by atoms with Gasteiger partial charge in [-0.1, -0.05) is 17.4 Å². The number of nitrogens with zero attached hydrogens (tertiary/aromatic N) is 2. The van der Waals surface area contributed by atoms with Gasteiger partial charge in [0.05, 0.1) is 16.3 Å². The van der Waals surface area contributed by atoms with Crippen LogP contribution in [0.5, 0.6) is 0 Å². The average molecular weight is 386 g/mol. The fraction of sp³-hybridized carbons (Fsp3) is 0.263. The molecule has 0 radical (unpaired) electrons. The molecule has 1 amide bonds. The van der Waals surface area contributed by atoms with Crippen molar-refractivity contribution in [2.75, 3.05) is 5.32 Å². The number of aromatic nitrogens is 2. The molecule has 3 aromatic heterocycles. The number of hydrogen-bond acceptors (Lipinski definition) is 6. The second kappa shape index (κ2) is 7.88. The monoisotopic (exact) mass is 385 g/mol. The number of Topliss-reactive ketones (excluding diaryl/α,β-unsaturated/α-hetero) is 1. The molecule has 3 rings (SSSR count). The van der Waals surface area contributed by atoms with E-state index < -0.39 is 0 Å². The van der Waals surface area contributed by atoms with Crippen molar-refractivity contribution in [3.05, 3.63) is 51.5 Å². The van der Waals surface area contributed by atoms with Crippen molar-refractivity contribution in [3.8, 4) is 10.6 Å². The number of hydrogen-bond donors (Lipinski definition) is 1. The van der Waals surface area contributed by atoms with Crippen molar-refractivity contribution < 1.29 is 9.59 Å². The zero-order valence-corrected chi connectivity index (χ0v) is 16.5. The Hall–Kier alpha value is -2.38. The first-order valence-electron chi connectivity index (χ1n) is 8.23. The highest BCUT2D eigenvalue weighted by molar-refractivity contribution is 7.19. The summed E-state index contributed by atoms with van der Waals surface area (Å²) in [5.41, 5.74) is 2.38. The van der Waals surface area contributed by atoms with Crippen LogP contribution in [0.3, 0.4) is 0 Å². The zero-order valence-electron chi connectivity index (χ0n) is 14.8. The van der Waals surface area contributed by atoms with Crippen molar-refractivity contribution in [2.45, 2.75) is 33.6 Å². The van der Waals surface area contributed by atoms with E-state index in [1.165, 1.54) is 11.3 Å². The molecule has 26 heavy (non-hydrogen) atoms. The van der Waals surface area contributed by atoms with E-state index in [1.54, 1.807) is 17.5 Å². The van der Waals surface area contributed by atoms with Crippen LogP contribution in [0.25, 0.3) is 10.6 Å². The number of pyridine rings is 1. The van der Waals surface area contributed by atoms with Crippen LogP contribution in [-0.4, -0.2) is 21.7 Å². The summed E-state index contributed by atoms with van der Waals surface area (Å²) in [6, 6.07) is 7.58. The van der Waals surface area contributed by atoms with Gasteiger partial charge in [-0.2, -0.15) is 0 Å². The first-order valence-corrected chi connectivity index (χ1v) is 9.86. The van der Waals surface area contributed by atoms with Crippen LogP contribution in [-0.2, 0) is 4.79 Å². The Kier molecular flexibility index (Phi) is 5.58. The molecular weight excluding hydrogens is 366 g/mol. The van der Waals surface area contributed by atoms with Gasteiger partial charge < -0.3 is 5.32 Å². The fourth-order valence-corrected chi connectivity index (χ4v) is 4.54. The Morgan fingerprint density at radius 2 is 1.92 bits per heavy atom. The fourth-order valence-electron chi connectivity index (χ4n) is 2.64. The third-order valence-electron chi connectivity index (χ3n) is 3.86. The maximum Gasteiger partial charge on any atom is 0.226 e. The van der Waals surface area contributed by atoms with E-state index in [0.717, 1.165) is 31.6 Å². The van der Waals surface area contributed by atoms with Crippen LogP contribution in [0.4, 0.5) is 5.13 Å². The van der Waals surface area contributed by atoms with Gasteiger partial charge in [0.15, 0.2) is 10.9 Å². The van der Waals surface area contributed by atoms with Crippen LogP contribution in [0.15, 0.2) is 30.5 Å². The van der Waals surface area contributed by atoms with Gasteiger partial charge in [0, 0.05) is 34.4 Å². The summed E-state index contributed by atoms with van der Waals surface area (Å²) in [6.45, 7) is 5.80. The molecule has 1 N–H and O–H groups in total. The maximum absolute atomic E-state index is 12.3. The topological polar surface area (TPSA) is 72.0 Å². The Balaban J connectivity index is 1.60. The summed E-state index contributed by atoms with van der Waals surface area (Å²) >= 11 is 2.99. The summed E-state index contributed by atoms with van der Waals surface area (Å²) in [5.74, 6) is -0.198. The molecule has 5 nitrogen and oxygen atoms in total. The number of anilines is 1. The number of ketones is 1. The van der Waals surface area contributed by atoms with Crippen LogP contribution < -0.4 is 5.32 Å². The number of carbonyl (C=O) groups is 2. The van der Waals surface area contributed by atoms with Gasteiger partial charge in [-0.3, -0.25) is 14.6 Å². The molecule has 0 aliphatic rings. The van der Waals surface area contributed by atoms with Crippen LogP contribution in [0, 0.1) is 20.8 Å². The number of aryl methyl sites for hydroxylation is 3. The van der Waals surface area contributed by atoms with Crippen LogP contribution >= 0.6 is 22.7 Å².